The number of aliphatic hydroxyl groups is 1. The first kappa shape index (κ1) is 11.4. The SMILES string of the molecule is COc1ccc(-c2nc(CCO)no2)cc1O. The van der Waals surface area contributed by atoms with Crippen molar-refractivity contribution in [2.45, 2.75) is 6.42 Å². The van der Waals surface area contributed by atoms with Crippen molar-refractivity contribution in [3.05, 3.63) is 24.0 Å². The van der Waals surface area contributed by atoms with Crippen molar-refractivity contribution in [2.75, 3.05) is 13.7 Å². The van der Waals surface area contributed by atoms with E-state index in [-0.39, 0.29) is 12.4 Å². The number of nitrogens with zero attached hydrogens (tertiary/aromatic N) is 2. The fourth-order valence-electron chi connectivity index (χ4n) is 1.40. The van der Waals surface area contributed by atoms with E-state index in [9.17, 15) is 5.11 Å². The van der Waals surface area contributed by atoms with Crippen molar-refractivity contribution >= 4 is 0 Å². The average molecular weight is 236 g/mol. The number of methoxy groups -OCH3 is 1. The number of hydrogen-bond acceptors (Lipinski definition) is 6. The molecule has 6 heteroatoms. The third-order valence-corrected chi connectivity index (χ3v) is 2.23. The highest BCUT2D eigenvalue weighted by atomic mass is 16.5. The van der Waals surface area contributed by atoms with Gasteiger partial charge in [0.25, 0.3) is 5.89 Å². The minimum atomic E-state index is -0.0349. The second kappa shape index (κ2) is 4.84. The van der Waals surface area contributed by atoms with Crippen LogP contribution in [0.15, 0.2) is 22.7 Å². The third-order valence-electron chi connectivity index (χ3n) is 2.23. The van der Waals surface area contributed by atoms with Crippen LogP contribution in [-0.2, 0) is 6.42 Å². The van der Waals surface area contributed by atoms with Gasteiger partial charge in [0.1, 0.15) is 0 Å². The molecular weight excluding hydrogens is 224 g/mol. The number of aromatic hydroxyl groups is 1. The van der Waals surface area contributed by atoms with Gasteiger partial charge in [-0.05, 0) is 18.2 Å². The van der Waals surface area contributed by atoms with Crippen molar-refractivity contribution in [3.63, 3.8) is 0 Å². The highest BCUT2D eigenvalue weighted by molar-refractivity contribution is 5.59. The molecule has 0 aliphatic heterocycles. The molecule has 2 rings (SSSR count). The summed E-state index contributed by atoms with van der Waals surface area (Å²) in [6, 6.07) is 4.80. The summed E-state index contributed by atoms with van der Waals surface area (Å²) in [7, 11) is 1.47. The van der Waals surface area contributed by atoms with Gasteiger partial charge < -0.3 is 19.5 Å². The second-order valence-corrected chi connectivity index (χ2v) is 3.38. The Morgan fingerprint density at radius 1 is 1.41 bits per heavy atom. The van der Waals surface area contributed by atoms with E-state index in [4.69, 9.17) is 14.4 Å². The molecule has 0 bridgehead atoms. The van der Waals surface area contributed by atoms with Crippen molar-refractivity contribution in [2.24, 2.45) is 0 Å². The lowest BCUT2D eigenvalue weighted by molar-refractivity contribution is 0.293. The summed E-state index contributed by atoms with van der Waals surface area (Å²) in [6.07, 6.45) is 0.339. The number of hydrogen-bond donors (Lipinski definition) is 2. The van der Waals surface area contributed by atoms with Crippen molar-refractivity contribution in [3.8, 4) is 23.0 Å². The molecule has 1 aromatic heterocycles. The minimum absolute atomic E-state index is 0.00640. The van der Waals surface area contributed by atoms with Crippen molar-refractivity contribution in [1.29, 1.82) is 0 Å². The van der Waals surface area contributed by atoms with E-state index in [1.165, 1.54) is 13.2 Å². The van der Waals surface area contributed by atoms with E-state index in [1.807, 2.05) is 0 Å². The maximum Gasteiger partial charge on any atom is 0.258 e. The Bertz CT molecular complexity index is 510. The standard InChI is InChI=1S/C11H12N2O4/c1-16-9-3-2-7(6-8(9)15)11-12-10(4-5-14)13-17-11/h2-3,6,14-15H,4-5H2,1H3. The Labute approximate surface area is 97.5 Å². The summed E-state index contributed by atoms with van der Waals surface area (Å²) in [6.45, 7) is -0.0349. The molecule has 0 amide bonds. The number of rotatable bonds is 4. The summed E-state index contributed by atoms with van der Waals surface area (Å²) < 4.78 is 9.94. The first-order chi connectivity index (χ1) is 8.24. The van der Waals surface area contributed by atoms with Gasteiger partial charge in [0.2, 0.25) is 0 Å². The van der Waals surface area contributed by atoms with Crippen molar-refractivity contribution in [1.82, 2.24) is 10.1 Å². The highest BCUT2D eigenvalue weighted by Crippen LogP contribution is 2.30. The molecule has 2 aromatic rings. The molecule has 0 aliphatic carbocycles. The van der Waals surface area contributed by atoms with Gasteiger partial charge in [-0.25, -0.2) is 0 Å². The molecular formula is C11H12N2O4. The minimum Gasteiger partial charge on any atom is -0.504 e. The van der Waals surface area contributed by atoms with Crippen LogP contribution in [0.5, 0.6) is 11.5 Å². The Morgan fingerprint density at radius 2 is 2.24 bits per heavy atom. The molecule has 0 aliphatic rings. The van der Waals surface area contributed by atoms with E-state index in [0.29, 0.717) is 29.4 Å². The van der Waals surface area contributed by atoms with Crippen LogP contribution in [-0.4, -0.2) is 34.1 Å². The number of aliphatic hydroxyl groups excluding tert-OH is 1. The van der Waals surface area contributed by atoms with E-state index in [2.05, 4.69) is 10.1 Å². The van der Waals surface area contributed by atoms with Crippen LogP contribution in [0, 0.1) is 0 Å². The summed E-state index contributed by atoms with van der Waals surface area (Å²) >= 11 is 0. The lowest BCUT2D eigenvalue weighted by Gasteiger charge is -2.03. The lowest BCUT2D eigenvalue weighted by atomic mass is 10.2. The average Bonchev–Trinajstić information content (AvgIpc) is 2.78. The van der Waals surface area contributed by atoms with Gasteiger partial charge in [-0.15, -0.1) is 0 Å². The maximum atomic E-state index is 9.61. The molecule has 0 fully saturated rings. The zero-order chi connectivity index (χ0) is 12.3. The van der Waals surface area contributed by atoms with Crippen LogP contribution in [0.3, 0.4) is 0 Å². The van der Waals surface area contributed by atoms with Gasteiger partial charge in [0.15, 0.2) is 17.3 Å². The molecule has 0 radical (unpaired) electrons. The van der Waals surface area contributed by atoms with Crippen LogP contribution >= 0.6 is 0 Å². The Morgan fingerprint density at radius 3 is 2.88 bits per heavy atom. The first-order valence-corrected chi connectivity index (χ1v) is 5.05. The zero-order valence-electron chi connectivity index (χ0n) is 9.25. The first-order valence-electron chi connectivity index (χ1n) is 5.05. The molecule has 1 aromatic carbocycles. The van der Waals surface area contributed by atoms with Gasteiger partial charge in [-0.1, -0.05) is 5.16 Å². The molecule has 0 spiro atoms. The third kappa shape index (κ3) is 2.36. The highest BCUT2D eigenvalue weighted by Gasteiger charge is 2.11. The molecule has 1 heterocycles. The molecule has 6 nitrogen and oxygen atoms in total. The quantitative estimate of drug-likeness (QED) is 0.822. The smallest absolute Gasteiger partial charge is 0.258 e. The lowest BCUT2D eigenvalue weighted by Crippen LogP contribution is -1.92. The predicted molar refractivity (Wildman–Crippen MR) is 58.7 cm³/mol. The molecule has 2 N–H and O–H groups in total. The molecule has 0 saturated heterocycles. The summed E-state index contributed by atoms with van der Waals surface area (Å²) in [4.78, 5) is 4.08. The van der Waals surface area contributed by atoms with Gasteiger partial charge in [0, 0.05) is 12.0 Å². The van der Waals surface area contributed by atoms with E-state index in [1.54, 1.807) is 12.1 Å². The van der Waals surface area contributed by atoms with Gasteiger partial charge in [-0.2, -0.15) is 4.98 Å². The van der Waals surface area contributed by atoms with Crippen molar-refractivity contribution < 1.29 is 19.5 Å². The van der Waals surface area contributed by atoms with Crippen LogP contribution in [0.2, 0.25) is 0 Å². The zero-order valence-corrected chi connectivity index (χ0v) is 9.25. The van der Waals surface area contributed by atoms with E-state index < -0.39 is 0 Å². The Kier molecular flexibility index (Phi) is 3.24. The number of aromatic nitrogens is 2. The fraction of sp³-hybridized carbons (Fsp3) is 0.273. The molecule has 0 unspecified atom stereocenters. The number of ether oxygens (including phenoxy) is 1. The van der Waals surface area contributed by atoms with Gasteiger partial charge in [0.05, 0.1) is 13.7 Å². The Balaban J connectivity index is 2.29. The van der Waals surface area contributed by atoms with Crippen LogP contribution in [0.1, 0.15) is 5.82 Å². The molecule has 0 atom stereocenters. The fourth-order valence-corrected chi connectivity index (χ4v) is 1.40. The maximum absolute atomic E-state index is 9.61. The van der Waals surface area contributed by atoms with Crippen LogP contribution < -0.4 is 4.74 Å². The second-order valence-electron chi connectivity index (χ2n) is 3.38. The predicted octanol–water partition coefficient (Wildman–Crippen LogP) is 0.986. The van der Waals surface area contributed by atoms with Crippen LogP contribution in [0.25, 0.3) is 11.5 Å². The van der Waals surface area contributed by atoms with E-state index in [0.717, 1.165) is 0 Å². The molecule has 90 valence electrons. The summed E-state index contributed by atoms with van der Waals surface area (Å²) in [5.41, 5.74) is 0.597. The van der Waals surface area contributed by atoms with E-state index >= 15 is 0 Å². The molecule has 0 saturated carbocycles. The van der Waals surface area contributed by atoms with Gasteiger partial charge in [-0.3, -0.25) is 0 Å². The number of benzene rings is 1. The topological polar surface area (TPSA) is 88.6 Å². The number of phenolic OH excluding ortho intramolecular Hbond substituents is 1. The number of phenols is 1. The summed E-state index contributed by atoms with van der Waals surface area (Å²) in [5.74, 6) is 1.11. The normalized spacial score (nSPS) is 10.5. The molecule has 17 heavy (non-hydrogen) atoms. The largest absolute Gasteiger partial charge is 0.504 e. The van der Waals surface area contributed by atoms with Gasteiger partial charge >= 0.3 is 0 Å². The monoisotopic (exact) mass is 236 g/mol. The van der Waals surface area contributed by atoms with Crippen LogP contribution in [0.4, 0.5) is 0 Å². The summed E-state index contributed by atoms with van der Waals surface area (Å²) in [5, 5.41) is 22.0. The Hall–Kier alpha value is -2.08.